The van der Waals surface area contributed by atoms with Crippen LogP contribution >= 0.6 is 0 Å². The molecule has 0 aromatic rings. The van der Waals surface area contributed by atoms with Crippen molar-refractivity contribution in [3.63, 3.8) is 0 Å². The molecule has 0 radical (unpaired) electrons. The molecule has 0 aliphatic heterocycles. The average Bonchev–Trinajstić information content (AvgIpc) is 2.42. The van der Waals surface area contributed by atoms with Crippen LogP contribution in [-0.4, -0.2) is 12.2 Å². The quantitative estimate of drug-likeness (QED) is 0.684. The molecule has 1 rings (SSSR count). The molecular formula is C7H12F3N. The van der Waals surface area contributed by atoms with Crippen molar-refractivity contribution in [2.24, 2.45) is 11.7 Å². The SMILES string of the molecule is N[C@H](CC1CC1)CC(F)(F)F. The molecule has 1 nitrogen and oxygen atoms in total. The average molecular weight is 167 g/mol. The smallest absolute Gasteiger partial charge is 0.327 e. The largest absolute Gasteiger partial charge is 0.390 e. The number of rotatable bonds is 3. The van der Waals surface area contributed by atoms with Gasteiger partial charge in [0.2, 0.25) is 0 Å². The summed E-state index contributed by atoms with van der Waals surface area (Å²) in [5, 5.41) is 0. The lowest BCUT2D eigenvalue weighted by Gasteiger charge is -2.12. The minimum absolute atomic E-state index is 0.479. The molecule has 0 bridgehead atoms. The summed E-state index contributed by atoms with van der Waals surface area (Å²) in [6.45, 7) is 0. The third-order valence-electron chi connectivity index (χ3n) is 1.83. The van der Waals surface area contributed by atoms with Crippen LogP contribution < -0.4 is 5.73 Å². The normalized spacial score (nSPS) is 21.8. The van der Waals surface area contributed by atoms with E-state index >= 15 is 0 Å². The molecule has 0 saturated heterocycles. The molecule has 0 aromatic carbocycles. The summed E-state index contributed by atoms with van der Waals surface area (Å²) < 4.78 is 35.1. The second kappa shape index (κ2) is 3.01. The molecule has 0 spiro atoms. The van der Waals surface area contributed by atoms with Gasteiger partial charge in [0, 0.05) is 6.04 Å². The van der Waals surface area contributed by atoms with Crippen LogP contribution in [0.5, 0.6) is 0 Å². The van der Waals surface area contributed by atoms with E-state index in [1.54, 1.807) is 0 Å². The van der Waals surface area contributed by atoms with Gasteiger partial charge >= 0.3 is 6.18 Å². The van der Waals surface area contributed by atoms with Crippen molar-refractivity contribution in [1.82, 2.24) is 0 Å². The van der Waals surface area contributed by atoms with Crippen molar-refractivity contribution < 1.29 is 13.2 Å². The number of alkyl halides is 3. The Labute approximate surface area is 63.8 Å². The van der Waals surface area contributed by atoms with E-state index < -0.39 is 18.6 Å². The van der Waals surface area contributed by atoms with Crippen molar-refractivity contribution >= 4 is 0 Å². The molecular weight excluding hydrogens is 155 g/mol. The van der Waals surface area contributed by atoms with Crippen LogP contribution in [0, 0.1) is 5.92 Å². The third kappa shape index (κ3) is 4.24. The van der Waals surface area contributed by atoms with Gasteiger partial charge in [0.25, 0.3) is 0 Å². The van der Waals surface area contributed by atoms with E-state index in [0.717, 1.165) is 12.8 Å². The van der Waals surface area contributed by atoms with Crippen molar-refractivity contribution in [2.75, 3.05) is 0 Å². The highest BCUT2D eigenvalue weighted by Crippen LogP contribution is 2.35. The van der Waals surface area contributed by atoms with Gasteiger partial charge in [0.05, 0.1) is 6.42 Å². The maximum Gasteiger partial charge on any atom is 0.390 e. The first-order valence-corrected chi connectivity index (χ1v) is 3.80. The standard InChI is InChI=1S/C7H12F3N/c8-7(9,10)4-6(11)3-5-1-2-5/h5-6H,1-4,11H2/t6-/m1/s1. The van der Waals surface area contributed by atoms with Gasteiger partial charge in [-0.25, -0.2) is 0 Å². The number of halogens is 3. The van der Waals surface area contributed by atoms with Gasteiger partial charge in [-0.2, -0.15) is 13.2 Å². The fourth-order valence-electron chi connectivity index (χ4n) is 1.16. The summed E-state index contributed by atoms with van der Waals surface area (Å²) >= 11 is 0. The van der Waals surface area contributed by atoms with Gasteiger partial charge in [-0.3, -0.25) is 0 Å². The van der Waals surface area contributed by atoms with Gasteiger partial charge in [-0.1, -0.05) is 12.8 Å². The zero-order chi connectivity index (χ0) is 8.48. The number of nitrogens with two attached hydrogens (primary N) is 1. The Hall–Kier alpha value is -0.250. The van der Waals surface area contributed by atoms with Crippen LogP contribution in [0.25, 0.3) is 0 Å². The van der Waals surface area contributed by atoms with Crippen LogP contribution in [-0.2, 0) is 0 Å². The van der Waals surface area contributed by atoms with E-state index in [-0.39, 0.29) is 0 Å². The van der Waals surface area contributed by atoms with Crippen LogP contribution in [0.15, 0.2) is 0 Å². The van der Waals surface area contributed by atoms with Crippen LogP contribution in [0.3, 0.4) is 0 Å². The Morgan fingerprint density at radius 3 is 2.27 bits per heavy atom. The molecule has 1 atom stereocenters. The van der Waals surface area contributed by atoms with E-state index in [9.17, 15) is 13.2 Å². The van der Waals surface area contributed by atoms with Crippen LogP contribution in [0.4, 0.5) is 13.2 Å². The lowest BCUT2D eigenvalue weighted by molar-refractivity contribution is -0.138. The summed E-state index contributed by atoms with van der Waals surface area (Å²) in [6, 6.07) is -0.678. The maximum atomic E-state index is 11.7. The first-order chi connectivity index (χ1) is 4.97. The minimum atomic E-state index is -4.09. The van der Waals surface area contributed by atoms with Crippen molar-refractivity contribution in [1.29, 1.82) is 0 Å². The Morgan fingerprint density at radius 2 is 1.91 bits per heavy atom. The summed E-state index contributed by atoms with van der Waals surface area (Å²) in [5.41, 5.74) is 5.28. The predicted molar refractivity (Wildman–Crippen MR) is 36.0 cm³/mol. The summed E-state index contributed by atoms with van der Waals surface area (Å²) in [5.74, 6) is 0.479. The molecule has 1 saturated carbocycles. The monoisotopic (exact) mass is 167 g/mol. The Kier molecular flexibility index (Phi) is 2.42. The van der Waals surface area contributed by atoms with Crippen molar-refractivity contribution in [3.8, 4) is 0 Å². The number of hydrogen-bond acceptors (Lipinski definition) is 1. The molecule has 4 heteroatoms. The summed E-state index contributed by atoms with van der Waals surface area (Å²) in [6.07, 6.45) is -2.26. The van der Waals surface area contributed by atoms with Crippen molar-refractivity contribution in [2.45, 2.75) is 37.9 Å². The third-order valence-corrected chi connectivity index (χ3v) is 1.83. The lowest BCUT2D eigenvalue weighted by atomic mass is 10.1. The highest BCUT2D eigenvalue weighted by Gasteiger charge is 2.33. The predicted octanol–water partition coefficient (Wildman–Crippen LogP) is 2.07. The molecule has 66 valence electrons. The van der Waals surface area contributed by atoms with E-state index in [1.807, 2.05) is 0 Å². The van der Waals surface area contributed by atoms with Gasteiger partial charge in [-0.05, 0) is 12.3 Å². The molecule has 1 aliphatic carbocycles. The van der Waals surface area contributed by atoms with E-state index in [1.165, 1.54) is 0 Å². The van der Waals surface area contributed by atoms with E-state index in [2.05, 4.69) is 0 Å². The highest BCUT2D eigenvalue weighted by atomic mass is 19.4. The minimum Gasteiger partial charge on any atom is -0.327 e. The first-order valence-electron chi connectivity index (χ1n) is 3.80. The van der Waals surface area contributed by atoms with Gasteiger partial charge in [0.15, 0.2) is 0 Å². The van der Waals surface area contributed by atoms with Gasteiger partial charge in [0.1, 0.15) is 0 Å². The topological polar surface area (TPSA) is 26.0 Å². The number of hydrogen-bond donors (Lipinski definition) is 1. The molecule has 0 aromatic heterocycles. The fourth-order valence-corrected chi connectivity index (χ4v) is 1.16. The maximum absolute atomic E-state index is 11.7. The Morgan fingerprint density at radius 1 is 1.36 bits per heavy atom. The van der Waals surface area contributed by atoms with Crippen LogP contribution in [0.1, 0.15) is 25.7 Å². The summed E-state index contributed by atoms with van der Waals surface area (Å²) in [7, 11) is 0. The zero-order valence-electron chi connectivity index (χ0n) is 6.19. The summed E-state index contributed by atoms with van der Waals surface area (Å²) in [4.78, 5) is 0. The molecule has 0 amide bonds. The second-order valence-corrected chi connectivity index (χ2v) is 3.26. The van der Waals surface area contributed by atoms with Gasteiger partial charge in [-0.15, -0.1) is 0 Å². The Balaban J connectivity index is 2.13. The molecule has 11 heavy (non-hydrogen) atoms. The van der Waals surface area contributed by atoms with Crippen LogP contribution in [0.2, 0.25) is 0 Å². The highest BCUT2D eigenvalue weighted by molar-refractivity contribution is 4.79. The van der Waals surface area contributed by atoms with E-state index in [0.29, 0.717) is 12.3 Å². The first kappa shape index (κ1) is 8.84. The fraction of sp³-hybridized carbons (Fsp3) is 1.00. The second-order valence-electron chi connectivity index (χ2n) is 3.26. The molecule has 2 N–H and O–H groups in total. The molecule has 1 fully saturated rings. The lowest BCUT2D eigenvalue weighted by Crippen LogP contribution is -2.27. The molecule has 0 heterocycles. The molecule has 1 aliphatic rings. The Bertz CT molecular complexity index is 128. The molecule has 0 unspecified atom stereocenters. The van der Waals surface area contributed by atoms with Crippen molar-refractivity contribution in [3.05, 3.63) is 0 Å². The van der Waals surface area contributed by atoms with Gasteiger partial charge < -0.3 is 5.73 Å². The zero-order valence-corrected chi connectivity index (χ0v) is 6.19. The van der Waals surface area contributed by atoms with E-state index in [4.69, 9.17) is 5.73 Å².